The number of ether oxygens (including phenoxy) is 2. The van der Waals surface area contributed by atoms with E-state index in [1.165, 1.54) is 32.4 Å². The van der Waals surface area contributed by atoms with E-state index in [1.807, 2.05) is 6.92 Å². The summed E-state index contributed by atoms with van der Waals surface area (Å²) in [6.45, 7) is 1.78. The molecule has 2 atom stereocenters. The molecule has 1 saturated heterocycles. The van der Waals surface area contributed by atoms with Crippen LogP contribution in [-0.2, 0) is 19.6 Å². The fourth-order valence-corrected chi connectivity index (χ4v) is 4.66. The number of carbonyl (C=O) groups excluding carboxylic acids is 2. The highest BCUT2D eigenvalue weighted by Crippen LogP contribution is 2.31. The van der Waals surface area contributed by atoms with Crippen LogP contribution < -0.4 is 20.5 Å². The van der Waals surface area contributed by atoms with E-state index in [2.05, 4.69) is 5.32 Å². The number of methoxy groups -OCH3 is 2. The molecule has 1 aromatic carbocycles. The molecule has 0 aliphatic carbocycles. The third kappa shape index (κ3) is 5.46. The van der Waals surface area contributed by atoms with Gasteiger partial charge in [-0.25, -0.2) is 8.42 Å². The highest BCUT2D eigenvalue weighted by atomic mass is 32.2. The van der Waals surface area contributed by atoms with Crippen molar-refractivity contribution in [2.75, 3.05) is 27.3 Å². The van der Waals surface area contributed by atoms with Gasteiger partial charge in [-0.2, -0.15) is 4.31 Å². The number of hydrogen-bond acceptors (Lipinski definition) is 7. The number of carbonyl (C=O) groups is 2. The van der Waals surface area contributed by atoms with E-state index >= 15 is 0 Å². The Morgan fingerprint density at radius 2 is 2.00 bits per heavy atom. The molecule has 0 saturated carbocycles. The average molecular weight is 428 g/mol. The second-order valence-corrected chi connectivity index (χ2v) is 8.86. The van der Waals surface area contributed by atoms with E-state index in [0.29, 0.717) is 25.0 Å². The molecular formula is C19H29N3O6S. The summed E-state index contributed by atoms with van der Waals surface area (Å²) in [5.74, 6) is -0.0561. The van der Waals surface area contributed by atoms with Gasteiger partial charge in [0.2, 0.25) is 15.9 Å². The van der Waals surface area contributed by atoms with Crippen molar-refractivity contribution >= 4 is 21.7 Å². The molecule has 1 unspecified atom stereocenters. The highest BCUT2D eigenvalue weighted by molar-refractivity contribution is 7.89. The first-order valence-electron chi connectivity index (χ1n) is 9.55. The van der Waals surface area contributed by atoms with Crippen molar-refractivity contribution in [1.29, 1.82) is 0 Å². The highest BCUT2D eigenvalue weighted by Gasteiger charge is 2.33. The number of sulfonamides is 1. The molecule has 0 bridgehead atoms. The Morgan fingerprint density at radius 3 is 2.62 bits per heavy atom. The van der Waals surface area contributed by atoms with Crippen LogP contribution in [0.3, 0.4) is 0 Å². The summed E-state index contributed by atoms with van der Waals surface area (Å²) in [5, 5.41) is 2.67. The zero-order valence-corrected chi connectivity index (χ0v) is 17.8. The van der Waals surface area contributed by atoms with Crippen LogP contribution in [0, 0.1) is 0 Å². The summed E-state index contributed by atoms with van der Waals surface area (Å²) in [7, 11) is -1.04. The van der Waals surface area contributed by atoms with E-state index < -0.39 is 22.1 Å². The van der Waals surface area contributed by atoms with E-state index in [1.54, 1.807) is 0 Å². The zero-order valence-electron chi connectivity index (χ0n) is 17.0. The lowest BCUT2D eigenvalue weighted by Gasteiger charge is -2.21. The molecule has 0 spiro atoms. The predicted molar refractivity (Wildman–Crippen MR) is 107 cm³/mol. The van der Waals surface area contributed by atoms with E-state index in [9.17, 15) is 18.0 Å². The van der Waals surface area contributed by atoms with Gasteiger partial charge in [0.05, 0.1) is 37.7 Å². The van der Waals surface area contributed by atoms with Gasteiger partial charge >= 0.3 is 0 Å². The van der Waals surface area contributed by atoms with Crippen LogP contribution in [0.15, 0.2) is 23.1 Å². The Bertz CT molecular complexity index is 842. The van der Waals surface area contributed by atoms with Crippen molar-refractivity contribution in [3.8, 4) is 11.5 Å². The molecule has 10 heteroatoms. The van der Waals surface area contributed by atoms with Gasteiger partial charge in [-0.15, -0.1) is 0 Å². The number of nitrogens with one attached hydrogen (secondary N) is 1. The van der Waals surface area contributed by atoms with Gasteiger partial charge in [0, 0.05) is 12.6 Å². The molecule has 3 N–H and O–H groups in total. The molecule has 9 nitrogen and oxygen atoms in total. The van der Waals surface area contributed by atoms with Crippen molar-refractivity contribution in [2.24, 2.45) is 5.73 Å². The van der Waals surface area contributed by atoms with Crippen molar-refractivity contribution in [1.82, 2.24) is 9.62 Å². The molecule has 0 radical (unpaired) electrons. The van der Waals surface area contributed by atoms with Crippen molar-refractivity contribution in [2.45, 2.75) is 49.6 Å². The van der Waals surface area contributed by atoms with Gasteiger partial charge in [0.25, 0.3) is 0 Å². The molecule has 1 aromatic rings. The smallest absolute Gasteiger partial charge is 0.243 e. The van der Waals surface area contributed by atoms with Crippen LogP contribution in [0.1, 0.15) is 32.6 Å². The number of nitrogens with zero attached hydrogens (tertiary/aromatic N) is 1. The number of Topliss-reactive ketones (excluding diaryl/α,β-unsaturated/α-hetero) is 1. The monoisotopic (exact) mass is 427 g/mol. The van der Waals surface area contributed by atoms with Gasteiger partial charge < -0.3 is 20.5 Å². The summed E-state index contributed by atoms with van der Waals surface area (Å²) >= 11 is 0. The predicted octanol–water partition coefficient (Wildman–Crippen LogP) is 0.670. The Hall–Kier alpha value is -2.17. The van der Waals surface area contributed by atoms with Gasteiger partial charge in [-0.3, -0.25) is 9.59 Å². The molecular weight excluding hydrogens is 398 g/mol. The fraction of sp³-hybridized carbons (Fsp3) is 0.579. The SMILES string of the molecule is CCC[C@H](N)C(=O)NC1CCCN(S(=O)(=O)c2ccc(OC)c(OC)c2)CC1=O. The number of ketones is 1. The van der Waals surface area contributed by atoms with Crippen molar-refractivity contribution in [3.05, 3.63) is 18.2 Å². The number of benzene rings is 1. The summed E-state index contributed by atoms with van der Waals surface area (Å²) in [4.78, 5) is 24.8. The summed E-state index contributed by atoms with van der Waals surface area (Å²) in [6.07, 6.45) is 2.07. The minimum atomic E-state index is -3.91. The molecule has 1 aliphatic rings. The molecule has 162 valence electrons. The standard InChI is InChI=1S/C19H29N3O6S/c1-4-6-14(20)19(24)21-15-7-5-10-22(12-16(15)23)29(25,26)13-8-9-17(27-2)18(11-13)28-3/h8-9,11,14-15H,4-7,10,12,20H2,1-3H3,(H,21,24)/t14-,15?/m0/s1. The van der Waals surface area contributed by atoms with Crippen LogP contribution in [0.25, 0.3) is 0 Å². The topological polar surface area (TPSA) is 128 Å². The van der Waals surface area contributed by atoms with Gasteiger partial charge in [0.15, 0.2) is 17.3 Å². The van der Waals surface area contributed by atoms with E-state index in [0.717, 1.165) is 10.7 Å². The Balaban J connectivity index is 2.16. The van der Waals surface area contributed by atoms with E-state index in [4.69, 9.17) is 15.2 Å². The second kappa shape index (κ2) is 10.0. The molecule has 1 fully saturated rings. The Labute approximate surface area is 171 Å². The second-order valence-electron chi connectivity index (χ2n) is 6.92. The maximum atomic E-state index is 13.0. The summed E-state index contributed by atoms with van der Waals surface area (Å²) < 4.78 is 37.5. The van der Waals surface area contributed by atoms with Crippen LogP contribution in [-0.4, -0.2) is 63.8 Å². The summed E-state index contributed by atoms with van der Waals surface area (Å²) in [6, 6.07) is 2.86. The lowest BCUT2D eigenvalue weighted by atomic mass is 10.1. The zero-order chi connectivity index (χ0) is 21.6. The quantitative estimate of drug-likeness (QED) is 0.624. The van der Waals surface area contributed by atoms with E-state index in [-0.39, 0.29) is 35.4 Å². The minimum Gasteiger partial charge on any atom is -0.493 e. The molecule has 2 rings (SSSR count). The van der Waals surface area contributed by atoms with Gasteiger partial charge in [0.1, 0.15) is 0 Å². The third-order valence-corrected chi connectivity index (χ3v) is 6.71. The van der Waals surface area contributed by atoms with Crippen LogP contribution in [0.2, 0.25) is 0 Å². The first kappa shape index (κ1) is 23.1. The Kier molecular flexibility index (Phi) is 8.00. The van der Waals surface area contributed by atoms with Crippen molar-refractivity contribution in [3.63, 3.8) is 0 Å². The largest absolute Gasteiger partial charge is 0.493 e. The average Bonchev–Trinajstić information content (AvgIpc) is 2.89. The molecule has 1 aliphatic heterocycles. The minimum absolute atomic E-state index is 0.00963. The maximum Gasteiger partial charge on any atom is 0.243 e. The molecule has 1 amide bonds. The maximum absolute atomic E-state index is 13.0. The lowest BCUT2D eigenvalue weighted by Crippen LogP contribution is -2.49. The van der Waals surface area contributed by atoms with Crippen LogP contribution >= 0.6 is 0 Å². The molecule has 29 heavy (non-hydrogen) atoms. The van der Waals surface area contributed by atoms with Crippen LogP contribution in [0.4, 0.5) is 0 Å². The first-order valence-corrected chi connectivity index (χ1v) is 11.0. The number of rotatable bonds is 8. The number of hydrogen-bond donors (Lipinski definition) is 2. The van der Waals surface area contributed by atoms with Crippen LogP contribution in [0.5, 0.6) is 11.5 Å². The van der Waals surface area contributed by atoms with Gasteiger partial charge in [-0.05, 0) is 31.4 Å². The fourth-order valence-electron chi connectivity index (χ4n) is 3.20. The lowest BCUT2D eigenvalue weighted by molar-refractivity contribution is -0.128. The third-order valence-electron chi connectivity index (χ3n) is 4.87. The Morgan fingerprint density at radius 1 is 1.31 bits per heavy atom. The molecule has 1 heterocycles. The number of nitrogens with two attached hydrogens (primary N) is 1. The molecule has 0 aromatic heterocycles. The van der Waals surface area contributed by atoms with Gasteiger partial charge in [-0.1, -0.05) is 13.3 Å². The normalized spacial score (nSPS) is 19.3. The van der Waals surface area contributed by atoms with Crippen molar-refractivity contribution < 1.29 is 27.5 Å². The first-order chi connectivity index (χ1) is 13.7. The number of amides is 1. The summed E-state index contributed by atoms with van der Waals surface area (Å²) in [5.41, 5.74) is 5.80.